The molecule has 0 saturated heterocycles. The molecule has 0 bridgehead atoms. The highest BCUT2D eigenvalue weighted by Gasteiger charge is 1.84. The predicted octanol–water partition coefficient (Wildman–Crippen LogP) is 0.202. The van der Waals surface area contributed by atoms with Crippen molar-refractivity contribution >= 4 is 11.9 Å². The van der Waals surface area contributed by atoms with Gasteiger partial charge in [0.2, 0.25) is 5.91 Å². The second-order valence-corrected chi connectivity index (χ2v) is 2.69. The molecule has 0 heterocycles. The van der Waals surface area contributed by atoms with Crippen LogP contribution in [0.1, 0.15) is 33.1 Å². The Morgan fingerprint density at radius 1 is 1.36 bits per heavy atom. The summed E-state index contributed by atoms with van der Waals surface area (Å²) in [6.07, 6.45) is 2.78. The largest absolute Gasteiger partial charge is 0.370 e. The molecule has 0 unspecified atom stereocenters. The monoisotopic (exact) mass is 202 g/mol. The smallest absolute Gasteiger partial charge is 0.219 e. The summed E-state index contributed by atoms with van der Waals surface area (Å²) in [6, 6.07) is 0. The molecular weight excluding hydrogens is 180 g/mol. The van der Waals surface area contributed by atoms with Crippen molar-refractivity contribution in [2.45, 2.75) is 33.1 Å². The lowest BCUT2D eigenvalue weighted by molar-refractivity contribution is -0.120. The number of hydrogen-bond donors (Lipinski definition) is 3. The Bertz CT molecular complexity index is 158. The van der Waals surface area contributed by atoms with E-state index in [0.29, 0.717) is 6.42 Å². The molecule has 0 saturated carbocycles. The van der Waals surface area contributed by atoms with Crippen molar-refractivity contribution in [2.75, 3.05) is 13.6 Å². The van der Waals surface area contributed by atoms with E-state index in [1.54, 1.807) is 7.05 Å². The maximum absolute atomic E-state index is 10.1. The highest BCUT2D eigenvalue weighted by Crippen LogP contribution is 1.84. The molecule has 84 valence electrons. The number of rotatable bonds is 4. The summed E-state index contributed by atoms with van der Waals surface area (Å²) in [5.74, 6) is 0.286. The molecule has 0 atom stereocenters. The quantitative estimate of drug-likeness (QED) is 0.345. The van der Waals surface area contributed by atoms with E-state index in [0.717, 1.165) is 19.4 Å². The van der Waals surface area contributed by atoms with Gasteiger partial charge in [0, 0.05) is 20.0 Å². The van der Waals surface area contributed by atoms with Gasteiger partial charge in [-0.05, 0) is 6.42 Å². The van der Waals surface area contributed by atoms with Crippen LogP contribution in [0.2, 0.25) is 0 Å². The number of nitrogens with one attached hydrogen (secondary N) is 1. The van der Waals surface area contributed by atoms with E-state index in [4.69, 9.17) is 11.5 Å². The minimum absolute atomic E-state index is 0.0926. The number of hydrogen-bond acceptors (Lipinski definition) is 2. The lowest BCUT2D eigenvalue weighted by atomic mass is 10.3. The third kappa shape index (κ3) is 17.0. The molecule has 0 aromatic heterocycles. The number of carbonyl (C=O) groups excluding carboxylic acids is 1. The van der Waals surface area contributed by atoms with E-state index in [1.807, 2.05) is 6.92 Å². The first kappa shape index (κ1) is 15.2. The lowest BCUT2D eigenvalue weighted by Crippen LogP contribution is -2.22. The molecule has 0 rings (SSSR count). The molecule has 14 heavy (non-hydrogen) atoms. The summed E-state index contributed by atoms with van der Waals surface area (Å²) in [6.45, 7) is 4.68. The molecule has 5 N–H and O–H groups in total. The molecule has 0 aromatic carbocycles. The van der Waals surface area contributed by atoms with Gasteiger partial charge in [0.15, 0.2) is 5.96 Å². The molecular formula is C9H22N4O. The number of unbranched alkanes of at least 4 members (excludes halogenated alkanes) is 1. The molecule has 0 spiro atoms. The fourth-order valence-electron chi connectivity index (χ4n) is 0.543. The van der Waals surface area contributed by atoms with Crippen molar-refractivity contribution in [1.82, 2.24) is 5.32 Å². The molecule has 5 heteroatoms. The summed E-state index contributed by atoms with van der Waals surface area (Å²) < 4.78 is 0. The first-order valence-corrected chi connectivity index (χ1v) is 4.84. The Labute approximate surface area is 86.0 Å². The Morgan fingerprint density at radius 2 is 1.93 bits per heavy atom. The number of amides is 1. The van der Waals surface area contributed by atoms with Gasteiger partial charge in [-0.2, -0.15) is 0 Å². The number of guanidine groups is 1. The van der Waals surface area contributed by atoms with Crippen LogP contribution in [0, 0.1) is 0 Å². The van der Waals surface area contributed by atoms with Crippen LogP contribution in [0.5, 0.6) is 0 Å². The van der Waals surface area contributed by atoms with Gasteiger partial charge in [-0.3, -0.25) is 9.79 Å². The Kier molecular flexibility index (Phi) is 12.8. The summed E-state index contributed by atoms with van der Waals surface area (Å²) >= 11 is 0. The maximum atomic E-state index is 10.1. The zero-order chi connectivity index (χ0) is 11.4. The minimum Gasteiger partial charge on any atom is -0.370 e. The van der Waals surface area contributed by atoms with Crippen molar-refractivity contribution in [2.24, 2.45) is 16.5 Å². The van der Waals surface area contributed by atoms with E-state index in [1.165, 1.54) is 0 Å². The second-order valence-electron chi connectivity index (χ2n) is 2.69. The lowest BCUT2D eigenvalue weighted by Gasteiger charge is -1.89. The van der Waals surface area contributed by atoms with Crippen LogP contribution in [0.15, 0.2) is 4.99 Å². The highest BCUT2D eigenvalue weighted by molar-refractivity contribution is 5.75. The van der Waals surface area contributed by atoms with E-state index >= 15 is 0 Å². The fourth-order valence-corrected chi connectivity index (χ4v) is 0.543. The molecule has 0 aliphatic heterocycles. The zero-order valence-corrected chi connectivity index (χ0v) is 9.34. The van der Waals surface area contributed by atoms with Crippen LogP contribution >= 0.6 is 0 Å². The first-order chi connectivity index (χ1) is 6.58. The van der Waals surface area contributed by atoms with Crippen LogP contribution in [-0.2, 0) is 4.79 Å². The molecule has 5 nitrogen and oxygen atoms in total. The number of nitrogens with zero attached hydrogens (tertiary/aromatic N) is 1. The van der Waals surface area contributed by atoms with Crippen LogP contribution in [0.4, 0.5) is 0 Å². The molecule has 0 aromatic rings. The third-order valence-electron chi connectivity index (χ3n) is 1.41. The van der Waals surface area contributed by atoms with E-state index in [2.05, 4.69) is 17.2 Å². The average Bonchev–Trinajstić information content (AvgIpc) is 2.17. The first-order valence-electron chi connectivity index (χ1n) is 4.84. The average molecular weight is 202 g/mol. The fraction of sp³-hybridized carbons (Fsp3) is 0.778. The number of nitrogens with two attached hydrogens (primary N) is 2. The number of carbonyl (C=O) groups is 1. The second kappa shape index (κ2) is 11.7. The van der Waals surface area contributed by atoms with Crippen molar-refractivity contribution < 1.29 is 4.79 Å². The SMILES string of the molecule is CCC(=O)NC.CCCCN=C(N)N. The third-order valence-corrected chi connectivity index (χ3v) is 1.41. The van der Waals surface area contributed by atoms with E-state index in [-0.39, 0.29) is 11.9 Å². The van der Waals surface area contributed by atoms with Crippen LogP contribution < -0.4 is 16.8 Å². The van der Waals surface area contributed by atoms with Gasteiger partial charge >= 0.3 is 0 Å². The Balaban J connectivity index is 0. The van der Waals surface area contributed by atoms with Crippen molar-refractivity contribution in [1.29, 1.82) is 0 Å². The topological polar surface area (TPSA) is 93.5 Å². The molecule has 0 aliphatic rings. The summed E-state index contributed by atoms with van der Waals surface area (Å²) in [5, 5.41) is 2.48. The normalized spacial score (nSPS) is 8.21. The summed E-state index contributed by atoms with van der Waals surface area (Å²) in [5.41, 5.74) is 10.1. The van der Waals surface area contributed by atoms with Crippen molar-refractivity contribution in [3.63, 3.8) is 0 Å². The van der Waals surface area contributed by atoms with Crippen LogP contribution in [-0.4, -0.2) is 25.5 Å². The van der Waals surface area contributed by atoms with Crippen LogP contribution in [0.25, 0.3) is 0 Å². The zero-order valence-electron chi connectivity index (χ0n) is 9.34. The van der Waals surface area contributed by atoms with Gasteiger partial charge in [-0.15, -0.1) is 0 Å². The Morgan fingerprint density at radius 3 is 2.14 bits per heavy atom. The standard InChI is InChI=1S/C5H13N3.C4H9NO/c1-2-3-4-8-5(6)7;1-3-4(6)5-2/h2-4H2,1H3,(H4,6,7,8);3H2,1-2H3,(H,5,6). The number of aliphatic imine (C=N–C) groups is 1. The minimum atomic E-state index is 0.0926. The van der Waals surface area contributed by atoms with Gasteiger partial charge in [-0.1, -0.05) is 20.3 Å². The van der Waals surface area contributed by atoms with Gasteiger partial charge < -0.3 is 16.8 Å². The maximum Gasteiger partial charge on any atom is 0.219 e. The molecule has 0 aliphatic carbocycles. The van der Waals surface area contributed by atoms with Gasteiger partial charge in [-0.25, -0.2) is 0 Å². The van der Waals surface area contributed by atoms with E-state index < -0.39 is 0 Å². The van der Waals surface area contributed by atoms with Crippen LogP contribution in [0.3, 0.4) is 0 Å². The molecule has 0 fully saturated rings. The predicted molar refractivity (Wildman–Crippen MR) is 59.9 cm³/mol. The van der Waals surface area contributed by atoms with Gasteiger partial charge in [0.05, 0.1) is 0 Å². The van der Waals surface area contributed by atoms with Gasteiger partial charge in [0.25, 0.3) is 0 Å². The summed E-state index contributed by atoms with van der Waals surface area (Å²) in [4.78, 5) is 13.9. The summed E-state index contributed by atoms with van der Waals surface area (Å²) in [7, 11) is 1.63. The molecule has 1 amide bonds. The van der Waals surface area contributed by atoms with Crippen molar-refractivity contribution in [3.05, 3.63) is 0 Å². The van der Waals surface area contributed by atoms with Crippen molar-refractivity contribution in [3.8, 4) is 0 Å². The Hall–Kier alpha value is -1.26. The molecule has 0 radical (unpaired) electrons. The highest BCUT2D eigenvalue weighted by atomic mass is 16.1. The van der Waals surface area contributed by atoms with E-state index in [9.17, 15) is 4.79 Å². The van der Waals surface area contributed by atoms with Gasteiger partial charge in [0.1, 0.15) is 0 Å².